The van der Waals surface area contributed by atoms with E-state index in [1.807, 2.05) is 29.1 Å². The van der Waals surface area contributed by atoms with E-state index in [0.29, 0.717) is 0 Å². The Morgan fingerprint density at radius 1 is 0.654 bits per heavy atom. The first kappa shape index (κ1) is 35.2. The smallest absolute Gasteiger partial charge is 0.246 e. The minimum atomic E-state index is -0.670. The Labute approximate surface area is 308 Å². The summed E-state index contributed by atoms with van der Waals surface area (Å²) in [6, 6.07) is 29.7. The number of benzene rings is 3. The summed E-state index contributed by atoms with van der Waals surface area (Å²) in [6.07, 6.45) is 9.66. The van der Waals surface area contributed by atoms with Gasteiger partial charge in [-0.25, -0.2) is 4.98 Å². The van der Waals surface area contributed by atoms with Crippen LogP contribution in [0.25, 0.3) is 50.1 Å². The molecule has 6 nitrogen and oxygen atoms in total. The number of fused-ring (bicyclic) bond motifs is 2. The van der Waals surface area contributed by atoms with Crippen LogP contribution in [0.5, 0.6) is 5.75 Å². The lowest BCUT2D eigenvalue weighted by molar-refractivity contribution is -0.744. The monoisotopic (exact) mass is 689 g/mol. The molecule has 0 radical (unpaired) electrons. The Kier molecular flexibility index (Phi) is 8.24. The van der Waals surface area contributed by atoms with Crippen LogP contribution in [-0.4, -0.2) is 24.2 Å². The number of hydrogen-bond donors (Lipinski definition) is 1. The van der Waals surface area contributed by atoms with Crippen molar-refractivity contribution in [3.63, 3.8) is 0 Å². The third-order valence-corrected chi connectivity index (χ3v) is 10.4. The molecule has 6 heteroatoms. The highest BCUT2D eigenvalue weighted by molar-refractivity contribution is 5.94. The number of imidazole rings is 1. The number of aromatic nitrogens is 5. The van der Waals surface area contributed by atoms with Crippen LogP contribution in [0.4, 0.5) is 0 Å². The summed E-state index contributed by atoms with van der Waals surface area (Å²) in [5, 5.41) is 12.9. The van der Waals surface area contributed by atoms with E-state index in [-0.39, 0.29) is 22.0 Å². The van der Waals surface area contributed by atoms with Crippen molar-refractivity contribution in [3.8, 4) is 33.8 Å². The second kappa shape index (κ2) is 12.2. The van der Waals surface area contributed by atoms with Gasteiger partial charge in [0.25, 0.3) is 0 Å². The fourth-order valence-electron chi connectivity index (χ4n) is 7.37. The highest BCUT2D eigenvalue weighted by atomic mass is 16.3. The first-order valence-electron chi connectivity index (χ1n) is 18.2. The molecule has 0 amide bonds. The van der Waals surface area contributed by atoms with Gasteiger partial charge in [0.05, 0.1) is 22.4 Å². The molecule has 0 fully saturated rings. The molecule has 0 aliphatic heterocycles. The van der Waals surface area contributed by atoms with E-state index in [4.69, 9.17) is 9.97 Å². The van der Waals surface area contributed by atoms with Gasteiger partial charge >= 0.3 is 0 Å². The summed E-state index contributed by atoms with van der Waals surface area (Å²) < 4.78 is 6.42. The molecule has 0 bridgehead atoms. The van der Waals surface area contributed by atoms with Gasteiger partial charge in [0.2, 0.25) is 6.33 Å². The third kappa shape index (κ3) is 5.98. The summed E-state index contributed by atoms with van der Waals surface area (Å²) in [5.74, 6) is 0.275. The van der Waals surface area contributed by atoms with Crippen LogP contribution in [0.15, 0.2) is 104 Å². The lowest BCUT2D eigenvalue weighted by atomic mass is 9.79. The zero-order valence-corrected chi connectivity index (χ0v) is 32.5. The zero-order chi connectivity index (χ0) is 37.4. The van der Waals surface area contributed by atoms with E-state index < -0.39 is 5.66 Å². The molecule has 52 heavy (non-hydrogen) atoms. The standard InChI is InChI=1S/C46H51N5O/c1-43(2,3)31-26-36(45(7,8)9)41(52)40(27-31)49-29-51(39-21-15-14-20-38(39)49)46(10,11)50-28-34(33-18-16-23-48-42(33)50)37-25-30(22-24-47-37)32-17-12-13-19-35(32)44(4,5)6/h12-28,52H,1-11H3. The van der Waals surface area contributed by atoms with Gasteiger partial charge in [-0.05, 0) is 82.2 Å². The van der Waals surface area contributed by atoms with Gasteiger partial charge < -0.3 is 9.67 Å². The van der Waals surface area contributed by atoms with Gasteiger partial charge in [-0.15, -0.1) is 0 Å². The molecule has 0 aliphatic rings. The average Bonchev–Trinajstić information content (AvgIpc) is 3.68. The fraction of sp³-hybridized carbons (Fsp3) is 0.326. The molecule has 0 aliphatic carbocycles. The van der Waals surface area contributed by atoms with Crippen LogP contribution >= 0.6 is 0 Å². The molecule has 0 saturated carbocycles. The summed E-state index contributed by atoms with van der Waals surface area (Å²) >= 11 is 0. The number of phenols is 1. The van der Waals surface area contributed by atoms with Crippen molar-refractivity contribution in [3.05, 3.63) is 127 Å². The Morgan fingerprint density at radius 3 is 2.06 bits per heavy atom. The highest BCUT2D eigenvalue weighted by Gasteiger charge is 2.33. The van der Waals surface area contributed by atoms with Gasteiger partial charge in [0, 0.05) is 29.5 Å². The molecular weight excluding hydrogens is 639 g/mol. The maximum absolute atomic E-state index is 11.9. The lowest BCUT2D eigenvalue weighted by Gasteiger charge is -2.28. The molecule has 7 rings (SSSR count). The van der Waals surface area contributed by atoms with Gasteiger partial charge in [0.1, 0.15) is 11.4 Å². The highest BCUT2D eigenvalue weighted by Crippen LogP contribution is 2.41. The quantitative estimate of drug-likeness (QED) is 0.145. The van der Waals surface area contributed by atoms with E-state index in [9.17, 15) is 5.11 Å². The van der Waals surface area contributed by atoms with Gasteiger partial charge in [-0.2, -0.15) is 0 Å². The molecule has 0 saturated heterocycles. The number of hydrogen-bond acceptors (Lipinski definition) is 3. The van der Waals surface area contributed by atoms with Crippen LogP contribution in [0.1, 0.15) is 92.9 Å². The van der Waals surface area contributed by atoms with Crippen LogP contribution in [0.2, 0.25) is 0 Å². The minimum absolute atomic E-state index is 0.00390. The van der Waals surface area contributed by atoms with Crippen LogP contribution in [0, 0.1) is 6.33 Å². The van der Waals surface area contributed by atoms with Crippen molar-refractivity contribution >= 4 is 22.1 Å². The van der Waals surface area contributed by atoms with Crippen molar-refractivity contribution in [2.75, 3.05) is 0 Å². The molecule has 0 unspecified atom stereocenters. The lowest BCUT2D eigenvalue weighted by Crippen LogP contribution is -2.56. The molecule has 266 valence electrons. The topological polar surface area (TPSA) is 59.8 Å². The Morgan fingerprint density at radius 2 is 1.35 bits per heavy atom. The third-order valence-electron chi connectivity index (χ3n) is 10.4. The van der Waals surface area contributed by atoms with Gasteiger partial charge in [-0.1, -0.05) is 123 Å². The average molecular weight is 690 g/mol. The number of aromatic hydroxyl groups is 1. The molecule has 4 aromatic heterocycles. The van der Waals surface area contributed by atoms with Crippen molar-refractivity contribution in [2.24, 2.45) is 0 Å². The minimum Gasteiger partial charge on any atom is -0.513 e. The molecule has 7 aromatic rings. The van der Waals surface area contributed by atoms with Crippen molar-refractivity contribution in [1.82, 2.24) is 19.1 Å². The zero-order valence-electron chi connectivity index (χ0n) is 32.5. The fourth-order valence-corrected chi connectivity index (χ4v) is 7.37. The molecule has 0 spiro atoms. The number of rotatable bonds is 5. The molecule has 1 N–H and O–H groups in total. The summed E-state index contributed by atoms with van der Waals surface area (Å²) in [4.78, 5) is 9.86. The second-order valence-electron chi connectivity index (χ2n) is 17.7. The predicted octanol–water partition coefficient (Wildman–Crippen LogP) is 10.6. The van der Waals surface area contributed by atoms with Gasteiger partial charge in [-0.3, -0.25) is 14.1 Å². The first-order valence-corrected chi connectivity index (χ1v) is 18.2. The molecular formula is C46H51N5O. The van der Waals surface area contributed by atoms with Crippen molar-refractivity contribution < 1.29 is 9.67 Å². The first-order chi connectivity index (χ1) is 24.4. The van der Waals surface area contributed by atoms with Crippen LogP contribution in [-0.2, 0) is 21.9 Å². The Bertz CT molecular complexity index is 2460. The van der Waals surface area contributed by atoms with E-state index in [2.05, 4.69) is 171 Å². The maximum atomic E-state index is 11.9. The SMILES string of the molecule is CC(C)(C)c1cc(-n2[c-][n+](C(C)(C)n3cc(-c4cc(-c5ccccc5C(C)(C)C)ccn4)c4cccnc43)c3ccccc32)c(O)c(C(C)(C)C)c1. The largest absolute Gasteiger partial charge is 0.513 e. The van der Waals surface area contributed by atoms with Crippen LogP contribution < -0.4 is 4.57 Å². The maximum Gasteiger partial charge on any atom is 0.246 e. The van der Waals surface area contributed by atoms with E-state index in [1.54, 1.807) is 0 Å². The van der Waals surface area contributed by atoms with E-state index >= 15 is 0 Å². The van der Waals surface area contributed by atoms with E-state index in [0.717, 1.165) is 55.7 Å². The van der Waals surface area contributed by atoms with Crippen LogP contribution in [0.3, 0.4) is 0 Å². The Balaban J connectivity index is 1.42. The Hall–Kier alpha value is -5.23. The van der Waals surface area contributed by atoms with E-state index in [1.165, 1.54) is 11.1 Å². The predicted molar refractivity (Wildman–Crippen MR) is 213 cm³/mol. The number of pyridine rings is 2. The molecule has 3 aromatic carbocycles. The number of phenolic OH excluding ortho intramolecular Hbond substituents is 1. The molecule has 4 heterocycles. The summed E-state index contributed by atoms with van der Waals surface area (Å²) in [5.41, 5.74) is 10.1. The summed E-state index contributed by atoms with van der Waals surface area (Å²) in [6.45, 7) is 24.2. The van der Waals surface area contributed by atoms with Crippen molar-refractivity contribution in [1.29, 1.82) is 0 Å². The van der Waals surface area contributed by atoms with Crippen molar-refractivity contribution in [2.45, 2.75) is 98.1 Å². The number of para-hydroxylation sites is 2. The molecule has 0 atom stereocenters. The second-order valence-corrected chi connectivity index (χ2v) is 17.7. The van der Waals surface area contributed by atoms with Gasteiger partial charge in [0.15, 0.2) is 5.66 Å². The summed E-state index contributed by atoms with van der Waals surface area (Å²) in [7, 11) is 0. The number of nitrogens with zero attached hydrogens (tertiary/aromatic N) is 5. The normalized spacial score (nSPS) is 13.0.